The van der Waals surface area contributed by atoms with Crippen LogP contribution in [0, 0.1) is 0 Å². The lowest BCUT2D eigenvalue weighted by Gasteiger charge is -2.25. The van der Waals surface area contributed by atoms with Crippen LogP contribution in [0.25, 0.3) is 0 Å². The lowest BCUT2D eigenvalue weighted by Crippen LogP contribution is -2.39. The average Bonchev–Trinajstić information content (AvgIpc) is 2.77. The van der Waals surface area contributed by atoms with E-state index in [1.807, 2.05) is 6.07 Å². The number of halogens is 1. The molecule has 0 atom stereocenters. The minimum Gasteiger partial charge on any atom is -0.313 e. The second kappa shape index (κ2) is 5.80. The van der Waals surface area contributed by atoms with E-state index in [1.54, 1.807) is 6.20 Å². The van der Waals surface area contributed by atoms with Crippen molar-refractivity contribution in [3.05, 3.63) is 22.3 Å². The van der Waals surface area contributed by atoms with Crippen LogP contribution in [0.2, 0.25) is 0 Å². The number of rotatable bonds is 5. The third-order valence-corrected chi connectivity index (χ3v) is 3.98. The van der Waals surface area contributed by atoms with E-state index < -0.39 is 0 Å². The van der Waals surface area contributed by atoms with Crippen molar-refractivity contribution in [2.24, 2.45) is 0 Å². The molecule has 1 amide bonds. The minimum absolute atomic E-state index is 0.223. The molecule has 18 heavy (non-hydrogen) atoms. The Labute approximate surface area is 116 Å². The molecule has 1 saturated carbocycles. The van der Waals surface area contributed by atoms with E-state index in [9.17, 15) is 4.79 Å². The van der Waals surface area contributed by atoms with Crippen molar-refractivity contribution in [3.63, 3.8) is 0 Å². The first-order valence-corrected chi connectivity index (χ1v) is 7.02. The number of carbonyl (C=O) groups excluding carboxylic acids is 1. The average molecular weight is 312 g/mol. The Balaban J connectivity index is 2.07. The van der Waals surface area contributed by atoms with Crippen molar-refractivity contribution in [2.45, 2.75) is 44.7 Å². The number of amides is 1. The van der Waals surface area contributed by atoms with Crippen molar-refractivity contribution >= 4 is 28.2 Å². The molecule has 1 aliphatic carbocycles. The number of hydrogen-bond acceptors (Lipinski definition) is 3. The summed E-state index contributed by atoms with van der Waals surface area (Å²) in [5.41, 5.74) is 1.23. The molecule has 1 heterocycles. The Morgan fingerprint density at radius 1 is 1.50 bits per heavy atom. The van der Waals surface area contributed by atoms with Crippen LogP contribution in [0.4, 0.5) is 5.82 Å². The highest BCUT2D eigenvalue weighted by Crippen LogP contribution is 2.29. The number of hydrogen-bond donors (Lipinski definition) is 2. The summed E-state index contributed by atoms with van der Waals surface area (Å²) in [5, 5.41) is 6.22. The third kappa shape index (κ3) is 3.29. The molecule has 0 aromatic carbocycles. The maximum Gasteiger partial charge on any atom is 0.212 e. The summed E-state index contributed by atoms with van der Waals surface area (Å²) in [7, 11) is 0. The first-order chi connectivity index (χ1) is 8.63. The van der Waals surface area contributed by atoms with Gasteiger partial charge in [0.1, 0.15) is 5.82 Å². The quantitative estimate of drug-likeness (QED) is 0.822. The fourth-order valence-electron chi connectivity index (χ4n) is 2.44. The standard InChI is InChI=1S/C13H18BrN3O/c1-13(4-2-3-5-13)17-7-10-6-11(14)8-15-12(10)16-9-18/h6,8-9,17H,2-5,7H2,1H3,(H,15,16,18). The second-order valence-electron chi connectivity index (χ2n) is 5.04. The Morgan fingerprint density at radius 3 is 2.89 bits per heavy atom. The molecule has 5 heteroatoms. The van der Waals surface area contributed by atoms with Crippen LogP contribution in [0.15, 0.2) is 16.7 Å². The molecule has 1 fully saturated rings. The van der Waals surface area contributed by atoms with E-state index >= 15 is 0 Å². The Kier molecular flexibility index (Phi) is 4.35. The zero-order chi connectivity index (χ0) is 13.0. The molecule has 0 aliphatic heterocycles. The number of pyridine rings is 1. The highest BCUT2D eigenvalue weighted by molar-refractivity contribution is 9.10. The summed E-state index contributed by atoms with van der Waals surface area (Å²) in [6.07, 6.45) is 7.36. The first kappa shape index (κ1) is 13.5. The predicted octanol–water partition coefficient (Wildman–Crippen LogP) is 2.83. The van der Waals surface area contributed by atoms with Crippen LogP contribution in [-0.4, -0.2) is 16.9 Å². The number of nitrogens with zero attached hydrogens (tertiary/aromatic N) is 1. The van der Waals surface area contributed by atoms with Gasteiger partial charge in [-0.15, -0.1) is 0 Å². The molecule has 1 aromatic rings. The van der Waals surface area contributed by atoms with E-state index in [4.69, 9.17) is 0 Å². The summed E-state index contributed by atoms with van der Waals surface area (Å²) in [4.78, 5) is 14.8. The second-order valence-corrected chi connectivity index (χ2v) is 5.96. The molecule has 4 nitrogen and oxygen atoms in total. The number of aromatic nitrogens is 1. The van der Waals surface area contributed by atoms with Crippen molar-refractivity contribution in [1.82, 2.24) is 10.3 Å². The molecule has 2 N–H and O–H groups in total. The molecule has 1 aromatic heterocycles. The summed E-state index contributed by atoms with van der Waals surface area (Å²) in [6, 6.07) is 1.99. The minimum atomic E-state index is 0.223. The molecule has 0 bridgehead atoms. The molecule has 1 aliphatic rings. The fraction of sp³-hybridized carbons (Fsp3) is 0.538. The van der Waals surface area contributed by atoms with Gasteiger partial charge in [0, 0.05) is 28.3 Å². The smallest absolute Gasteiger partial charge is 0.212 e. The van der Waals surface area contributed by atoms with Crippen LogP contribution < -0.4 is 10.6 Å². The fourth-order valence-corrected chi connectivity index (χ4v) is 2.82. The van der Waals surface area contributed by atoms with E-state index in [2.05, 4.69) is 38.5 Å². The predicted molar refractivity (Wildman–Crippen MR) is 75.3 cm³/mol. The van der Waals surface area contributed by atoms with Gasteiger partial charge in [0.2, 0.25) is 6.41 Å². The van der Waals surface area contributed by atoms with Crippen molar-refractivity contribution in [1.29, 1.82) is 0 Å². The summed E-state index contributed by atoms with van der Waals surface area (Å²) < 4.78 is 0.923. The molecule has 0 radical (unpaired) electrons. The van der Waals surface area contributed by atoms with E-state index in [-0.39, 0.29) is 5.54 Å². The van der Waals surface area contributed by atoms with E-state index in [1.165, 1.54) is 25.7 Å². The number of carbonyl (C=O) groups is 1. The molecule has 0 spiro atoms. The maximum absolute atomic E-state index is 10.6. The third-order valence-electron chi connectivity index (χ3n) is 3.54. The Bertz CT molecular complexity index is 430. The van der Waals surface area contributed by atoms with Crippen LogP contribution in [-0.2, 0) is 11.3 Å². The van der Waals surface area contributed by atoms with Crippen LogP contribution in [0.1, 0.15) is 38.2 Å². The van der Waals surface area contributed by atoms with Crippen LogP contribution in [0.5, 0.6) is 0 Å². The van der Waals surface area contributed by atoms with Gasteiger partial charge in [-0.1, -0.05) is 12.8 Å². The van der Waals surface area contributed by atoms with Crippen molar-refractivity contribution < 1.29 is 4.79 Å². The zero-order valence-electron chi connectivity index (χ0n) is 10.5. The molecule has 0 unspecified atom stereocenters. The highest BCUT2D eigenvalue weighted by atomic mass is 79.9. The molecule has 0 saturated heterocycles. The van der Waals surface area contributed by atoms with Crippen LogP contribution >= 0.6 is 15.9 Å². The van der Waals surface area contributed by atoms with E-state index in [0.717, 1.165) is 16.6 Å². The van der Waals surface area contributed by atoms with Gasteiger partial charge in [-0.3, -0.25) is 4.79 Å². The zero-order valence-corrected chi connectivity index (χ0v) is 12.1. The summed E-state index contributed by atoms with van der Waals surface area (Å²) >= 11 is 3.41. The lowest BCUT2D eigenvalue weighted by molar-refractivity contribution is -0.105. The Hall–Kier alpha value is -0.940. The summed E-state index contributed by atoms with van der Waals surface area (Å²) in [5.74, 6) is 0.627. The van der Waals surface area contributed by atoms with Gasteiger partial charge in [-0.2, -0.15) is 0 Å². The van der Waals surface area contributed by atoms with Gasteiger partial charge >= 0.3 is 0 Å². The van der Waals surface area contributed by atoms with Gasteiger partial charge in [-0.25, -0.2) is 4.98 Å². The molecule has 2 rings (SSSR count). The lowest BCUT2D eigenvalue weighted by atomic mass is 10.0. The summed E-state index contributed by atoms with van der Waals surface area (Å²) in [6.45, 7) is 2.98. The molecular weight excluding hydrogens is 294 g/mol. The van der Waals surface area contributed by atoms with Gasteiger partial charge in [0.05, 0.1) is 0 Å². The topological polar surface area (TPSA) is 54.0 Å². The first-order valence-electron chi connectivity index (χ1n) is 6.23. The highest BCUT2D eigenvalue weighted by Gasteiger charge is 2.27. The van der Waals surface area contributed by atoms with Gasteiger partial charge in [0.25, 0.3) is 0 Å². The molecule has 98 valence electrons. The van der Waals surface area contributed by atoms with Crippen molar-refractivity contribution in [2.75, 3.05) is 5.32 Å². The normalized spacial score (nSPS) is 17.7. The van der Waals surface area contributed by atoms with E-state index in [0.29, 0.717) is 12.2 Å². The van der Waals surface area contributed by atoms with Gasteiger partial charge < -0.3 is 10.6 Å². The largest absolute Gasteiger partial charge is 0.313 e. The van der Waals surface area contributed by atoms with Gasteiger partial charge in [0.15, 0.2) is 0 Å². The molecular formula is C13H18BrN3O. The SMILES string of the molecule is CC1(NCc2cc(Br)cnc2NC=O)CCCC1. The number of anilines is 1. The van der Waals surface area contributed by atoms with Crippen LogP contribution in [0.3, 0.4) is 0 Å². The number of nitrogens with one attached hydrogen (secondary N) is 2. The Morgan fingerprint density at radius 2 is 2.22 bits per heavy atom. The van der Waals surface area contributed by atoms with Crippen molar-refractivity contribution in [3.8, 4) is 0 Å². The maximum atomic E-state index is 10.6. The monoisotopic (exact) mass is 311 g/mol. The van der Waals surface area contributed by atoms with Gasteiger partial charge in [-0.05, 0) is 41.8 Å².